The standard InChI is InChI=1S/C17H21N3O3S/c1-2-16-18-17(19-23-16)15-9-6-11-20(13-15)24(21,22)12-10-14-7-4-3-5-8-14/h3-5,7-8,10,12,15H,2,6,9,11,13H2,1H3/b12-10-/t15-/m0/s1. The van der Waals surface area contributed by atoms with Crippen LogP contribution in [0.5, 0.6) is 0 Å². The molecule has 1 aliphatic rings. The first kappa shape index (κ1) is 16.9. The molecule has 0 saturated carbocycles. The molecule has 0 unspecified atom stereocenters. The molecule has 1 saturated heterocycles. The zero-order valence-corrected chi connectivity index (χ0v) is 14.4. The summed E-state index contributed by atoms with van der Waals surface area (Å²) in [6.45, 7) is 2.86. The van der Waals surface area contributed by atoms with Gasteiger partial charge in [0.05, 0.1) is 0 Å². The number of sulfonamides is 1. The first-order chi connectivity index (χ1) is 11.6. The fourth-order valence-electron chi connectivity index (χ4n) is 2.78. The SMILES string of the molecule is CCc1nc([C@H]2CCCN(S(=O)(=O)/C=C\c3ccccc3)C2)no1. The zero-order chi connectivity index (χ0) is 17.0. The van der Waals surface area contributed by atoms with E-state index >= 15 is 0 Å². The summed E-state index contributed by atoms with van der Waals surface area (Å²) in [6, 6.07) is 9.40. The van der Waals surface area contributed by atoms with Crippen molar-refractivity contribution < 1.29 is 12.9 Å². The van der Waals surface area contributed by atoms with Crippen molar-refractivity contribution in [3.63, 3.8) is 0 Å². The molecule has 6 nitrogen and oxygen atoms in total. The van der Waals surface area contributed by atoms with Crippen molar-refractivity contribution in [2.75, 3.05) is 13.1 Å². The number of aryl methyl sites for hydroxylation is 1. The van der Waals surface area contributed by atoms with E-state index in [0.29, 0.717) is 31.2 Å². The minimum absolute atomic E-state index is 0.0114. The number of piperidine rings is 1. The van der Waals surface area contributed by atoms with Gasteiger partial charge in [0.25, 0.3) is 0 Å². The zero-order valence-electron chi connectivity index (χ0n) is 13.6. The van der Waals surface area contributed by atoms with E-state index in [1.165, 1.54) is 9.71 Å². The molecule has 2 heterocycles. The van der Waals surface area contributed by atoms with E-state index in [2.05, 4.69) is 10.1 Å². The van der Waals surface area contributed by atoms with Crippen molar-refractivity contribution in [1.29, 1.82) is 0 Å². The molecule has 1 aromatic heterocycles. The highest BCUT2D eigenvalue weighted by Crippen LogP contribution is 2.27. The van der Waals surface area contributed by atoms with Gasteiger partial charge in [-0.1, -0.05) is 42.4 Å². The Morgan fingerprint density at radius 3 is 2.83 bits per heavy atom. The smallest absolute Gasteiger partial charge is 0.236 e. The van der Waals surface area contributed by atoms with Gasteiger partial charge in [-0.05, 0) is 24.5 Å². The van der Waals surface area contributed by atoms with Crippen molar-refractivity contribution in [2.45, 2.75) is 32.1 Å². The Bertz CT molecular complexity index is 799. The van der Waals surface area contributed by atoms with Gasteiger partial charge in [0.1, 0.15) is 0 Å². The molecule has 0 bridgehead atoms. The van der Waals surface area contributed by atoms with Gasteiger partial charge < -0.3 is 4.52 Å². The Morgan fingerprint density at radius 1 is 1.33 bits per heavy atom. The van der Waals surface area contributed by atoms with Crippen molar-refractivity contribution in [3.8, 4) is 0 Å². The van der Waals surface area contributed by atoms with Crippen LogP contribution in [-0.2, 0) is 16.4 Å². The van der Waals surface area contributed by atoms with Crippen LogP contribution in [0.2, 0.25) is 0 Å². The van der Waals surface area contributed by atoms with Crippen LogP contribution in [0, 0.1) is 0 Å². The van der Waals surface area contributed by atoms with Crippen molar-refractivity contribution in [1.82, 2.24) is 14.4 Å². The highest BCUT2D eigenvalue weighted by molar-refractivity contribution is 7.92. The molecule has 1 atom stereocenters. The number of hydrogen-bond donors (Lipinski definition) is 0. The van der Waals surface area contributed by atoms with Gasteiger partial charge in [-0.3, -0.25) is 0 Å². The summed E-state index contributed by atoms with van der Waals surface area (Å²) in [6.07, 6.45) is 3.97. The van der Waals surface area contributed by atoms with E-state index in [1.54, 1.807) is 6.08 Å². The summed E-state index contributed by atoms with van der Waals surface area (Å²) in [5.74, 6) is 1.19. The number of benzene rings is 1. The lowest BCUT2D eigenvalue weighted by atomic mass is 9.99. The summed E-state index contributed by atoms with van der Waals surface area (Å²) < 4.78 is 31.8. The molecule has 0 N–H and O–H groups in total. The van der Waals surface area contributed by atoms with Gasteiger partial charge in [0.2, 0.25) is 15.9 Å². The van der Waals surface area contributed by atoms with Gasteiger partial charge >= 0.3 is 0 Å². The normalized spacial score (nSPS) is 19.8. The van der Waals surface area contributed by atoms with Crippen LogP contribution in [0.1, 0.15) is 43.0 Å². The monoisotopic (exact) mass is 347 g/mol. The lowest BCUT2D eigenvalue weighted by Gasteiger charge is -2.29. The number of rotatable bonds is 5. The first-order valence-corrected chi connectivity index (χ1v) is 9.64. The maximum Gasteiger partial charge on any atom is 0.236 e. The Hall–Kier alpha value is -1.99. The summed E-state index contributed by atoms with van der Waals surface area (Å²) >= 11 is 0. The van der Waals surface area contributed by atoms with Crippen LogP contribution in [0.4, 0.5) is 0 Å². The lowest BCUT2D eigenvalue weighted by molar-refractivity contribution is 0.303. The highest BCUT2D eigenvalue weighted by atomic mass is 32.2. The van der Waals surface area contributed by atoms with E-state index in [-0.39, 0.29) is 5.92 Å². The molecule has 0 amide bonds. The van der Waals surface area contributed by atoms with Gasteiger partial charge in [0, 0.05) is 30.8 Å². The summed E-state index contributed by atoms with van der Waals surface area (Å²) in [7, 11) is -3.45. The van der Waals surface area contributed by atoms with Gasteiger partial charge in [-0.15, -0.1) is 0 Å². The summed E-state index contributed by atoms with van der Waals surface area (Å²) in [5.41, 5.74) is 0.861. The topological polar surface area (TPSA) is 76.3 Å². The van der Waals surface area contributed by atoms with E-state index in [1.807, 2.05) is 37.3 Å². The maximum atomic E-state index is 12.6. The molecule has 1 aromatic carbocycles. The third-order valence-corrected chi connectivity index (χ3v) is 5.66. The third-order valence-electron chi connectivity index (χ3n) is 4.13. The van der Waals surface area contributed by atoms with Crippen LogP contribution < -0.4 is 0 Å². The lowest BCUT2D eigenvalue weighted by Crippen LogP contribution is -2.38. The minimum atomic E-state index is -3.45. The largest absolute Gasteiger partial charge is 0.339 e. The third kappa shape index (κ3) is 3.91. The van der Waals surface area contributed by atoms with Crippen LogP contribution >= 0.6 is 0 Å². The first-order valence-electron chi connectivity index (χ1n) is 8.14. The van der Waals surface area contributed by atoms with E-state index in [0.717, 1.165) is 18.4 Å². The summed E-state index contributed by atoms with van der Waals surface area (Å²) in [4.78, 5) is 4.35. The van der Waals surface area contributed by atoms with Gasteiger partial charge in [-0.2, -0.15) is 9.29 Å². The molecule has 2 aromatic rings. The van der Waals surface area contributed by atoms with E-state index < -0.39 is 10.0 Å². The molecule has 0 spiro atoms. The molecular formula is C17H21N3O3S. The quantitative estimate of drug-likeness (QED) is 0.831. The Morgan fingerprint density at radius 2 is 2.12 bits per heavy atom. The predicted molar refractivity (Wildman–Crippen MR) is 91.6 cm³/mol. The molecule has 1 aliphatic heterocycles. The molecule has 0 radical (unpaired) electrons. The minimum Gasteiger partial charge on any atom is -0.339 e. The fraction of sp³-hybridized carbons (Fsp3) is 0.412. The van der Waals surface area contributed by atoms with Crippen LogP contribution in [0.15, 0.2) is 40.3 Å². The molecule has 128 valence electrons. The fourth-order valence-corrected chi connectivity index (χ4v) is 4.05. The molecule has 24 heavy (non-hydrogen) atoms. The molecular weight excluding hydrogens is 326 g/mol. The second-order valence-corrected chi connectivity index (χ2v) is 7.67. The van der Waals surface area contributed by atoms with Crippen LogP contribution in [0.3, 0.4) is 0 Å². The molecule has 1 fully saturated rings. The predicted octanol–water partition coefficient (Wildman–Crippen LogP) is 2.81. The Labute approximate surface area is 142 Å². The van der Waals surface area contributed by atoms with Crippen LogP contribution in [0.25, 0.3) is 6.08 Å². The molecule has 3 rings (SSSR count). The molecule has 7 heteroatoms. The van der Waals surface area contributed by atoms with Crippen molar-refractivity contribution in [2.24, 2.45) is 0 Å². The number of hydrogen-bond acceptors (Lipinski definition) is 5. The van der Waals surface area contributed by atoms with Crippen molar-refractivity contribution >= 4 is 16.1 Å². The van der Waals surface area contributed by atoms with Crippen molar-refractivity contribution in [3.05, 3.63) is 53.0 Å². The average molecular weight is 347 g/mol. The summed E-state index contributed by atoms with van der Waals surface area (Å²) in [5, 5.41) is 5.27. The van der Waals surface area contributed by atoms with E-state index in [9.17, 15) is 8.42 Å². The second kappa shape index (κ2) is 7.27. The average Bonchev–Trinajstić information content (AvgIpc) is 3.10. The van der Waals surface area contributed by atoms with Gasteiger partial charge in [-0.25, -0.2) is 8.42 Å². The van der Waals surface area contributed by atoms with Gasteiger partial charge in [0.15, 0.2) is 5.82 Å². The maximum absolute atomic E-state index is 12.6. The molecule has 0 aliphatic carbocycles. The van der Waals surface area contributed by atoms with Crippen LogP contribution in [-0.4, -0.2) is 36.0 Å². The Kier molecular flexibility index (Phi) is 5.11. The van der Waals surface area contributed by atoms with E-state index in [4.69, 9.17) is 4.52 Å². The number of aromatic nitrogens is 2. The Balaban J connectivity index is 1.72. The number of nitrogens with zero attached hydrogens (tertiary/aromatic N) is 3. The highest BCUT2D eigenvalue weighted by Gasteiger charge is 2.30. The second-order valence-electron chi connectivity index (χ2n) is 5.86.